The lowest BCUT2D eigenvalue weighted by Crippen LogP contribution is -2.33. The van der Waals surface area contributed by atoms with Crippen molar-refractivity contribution in [2.24, 2.45) is 0 Å². The minimum Gasteiger partial charge on any atom is -0.298 e. The SMILES string of the molecule is O=CC1=C(N2CCN(C3=C(C=O)CCc4ccccc43)C2=O)c2ccccc2CC1. The first-order valence-electron chi connectivity index (χ1n) is 10.3. The Morgan fingerprint density at radius 2 is 1.07 bits per heavy atom. The van der Waals surface area contributed by atoms with Crippen LogP contribution in [0.1, 0.15) is 35.1 Å². The number of carbonyl (C=O) groups is 3. The van der Waals surface area contributed by atoms with Gasteiger partial charge in [0.05, 0.1) is 11.4 Å². The molecule has 0 unspecified atom stereocenters. The van der Waals surface area contributed by atoms with Crippen LogP contribution in [-0.4, -0.2) is 41.5 Å². The van der Waals surface area contributed by atoms with Crippen LogP contribution in [0.25, 0.3) is 11.4 Å². The molecule has 0 aromatic heterocycles. The summed E-state index contributed by atoms with van der Waals surface area (Å²) in [6.07, 6.45) is 4.62. The Labute approximate surface area is 175 Å². The van der Waals surface area contributed by atoms with Crippen molar-refractivity contribution in [3.8, 4) is 0 Å². The molecule has 0 spiro atoms. The Bertz CT molecular complexity index is 1040. The molecule has 30 heavy (non-hydrogen) atoms. The van der Waals surface area contributed by atoms with Crippen LogP contribution in [0.3, 0.4) is 0 Å². The molecule has 1 fully saturated rings. The number of hydrogen-bond acceptors (Lipinski definition) is 3. The van der Waals surface area contributed by atoms with E-state index in [9.17, 15) is 14.4 Å². The molecule has 5 rings (SSSR count). The van der Waals surface area contributed by atoms with Gasteiger partial charge in [-0.15, -0.1) is 0 Å². The summed E-state index contributed by atoms with van der Waals surface area (Å²) in [5, 5.41) is 0. The zero-order valence-corrected chi connectivity index (χ0v) is 16.6. The summed E-state index contributed by atoms with van der Waals surface area (Å²) in [4.78, 5) is 40.7. The molecule has 2 aromatic rings. The molecular weight excluding hydrogens is 376 g/mol. The van der Waals surface area contributed by atoms with Gasteiger partial charge in [0, 0.05) is 35.4 Å². The summed E-state index contributed by atoms with van der Waals surface area (Å²) in [5.41, 5.74) is 6.98. The van der Waals surface area contributed by atoms with Crippen molar-refractivity contribution in [2.45, 2.75) is 25.7 Å². The topological polar surface area (TPSA) is 57.7 Å². The molecule has 150 valence electrons. The number of aldehydes is 2. The molecule has 2 aliphatic carbocycles. The van der Waals surface area contributed by atoms with Crippen molar-refractivity contribution >= 4 is 30.0 Å². The van der Waals surface area contributed by atoms with E-state index >= 15 is 0 Å². The van der Waals surface area contributed by atoms with Crippen LogP contribution in [0.15, 0.2) is 59.7 Å². The molecule has 1 saturated heterocycles. The van der Waals surface area contributed by atoms with Gasteiger partial charge in [0.15, 0.2) is 0 Å². The number of aryl methyl sites for hydroxylation is 2. The molecule has 5 nitrogen and oxygen atoms in total. The molecule has 2 amide bonds. The molecule has 0 N–H and O–H groups in total. The summed E-state index contributed by atoms with van der Waals surface area (Å²) in [7, 11) is 0. The fraction of sp³-hybridized carbons (Fsp3) is 0.240. The van der Waals surface area contributed by atoms with Crippen molar-refractivity contribution in [3.05, 3.63) is 81.9 Å². The van der Waals surface area contributed by atoms with E-state index in [2.05, 4.69) is 12.1 Å². The number of benzene rings is 2. The van der Waals surface area contributed by atoms with Gasteiger partial charge in [0.2, 0.25) is 0 Å². The summed E-state index contributed by atoms with van der Waals surface area (Å²) in [5.74, 6) is 0. The van der Waals surface area contributed by atoms with Crippen LogP contribution in [0.2, 0.25) is 0 Å². The van der Waals surface area contributed by atoms with Crippen LogP contribution in [-0.2, 0) is 22.4 Å². The predicted octanol–water partition coefficient (Wildman–Crippen LogP) is 3.84. The number of urea groups is 1. The van der Waals surface area contributed by atoms with Crippen molar-refractivity contribution in [1.82, 2.24) is 9.80 Å². The second-order valence-corrected chi connectivity index (χ2v) is 7.88. The van der Waals surface area contributed by atoms with E-state index in [4.69, 9.17) is 0 Å². The van der Waals surface area contributed by atoms with E-state index in [0.717, 1.165) is 59.1 Å². The number of nitrogens with zero attached hydrogens (tertiary/aromatic N) is 2. The van der Waals surface area contributed by atoms with E-state index in [-0.39, 0.29) is 6.03 Å². The normalized spacial score (nSPS) is 18.5. The number of allylic oxidation sites excluding steroid dienone is 2. The van der Waals surface area contributed by atoms with Gasteiger partial charge in [-0.25, -0.2) is 4.79 Å². The molecule has 0 atom stereocenters. The lowest BCUT2D eigenvalue weighted by atomic mass is 9.89. The smallest absolute Gasteiger partial charge is 0.298 e. The van der Waals surface area contributed by atoms with E-state index in [1.807, 2.05) is 36.4 Å². The van der Waals surface area contributed by atoms with Crippen LogP contribution in [0, 0.1) is 0 Å². The Kier molecular flexibility index (Phi) is 4.58. The van der Waals surface area contributed by atoms with Gasteiger partial charge >= 0.3 is 6.03 Å². The minimum atomic E-state index is -0.174. The van der Waals surface area contributed by atoms with E-state index < -0.39 is 0 Å². The minimum absolute atomic E-state index is 0.174. The van der Waals surface area contributed by atoms with Gasteiger partial charge in [-0.3, -0.25) is 19.4 Å². The molecule has 0 radical (unpaired) electrons. The standard InChI is InChI=1S/C25H22N2O3/c28-15-19-11-9-17-5-1-3-7-21(17)23(19)26-13-14-27(25(26)30)24-20(16-29)12-10-18-6-2-4-8-22(18)24/h1-8,15-16H,9-14H2. The highest BCUT2D eigenvalue weighted by atomic mass is 16.2. The maximum atomic E-state index is 13.6. The van der Waals surface area contributed by atoms with Gasteiger partial charge in [-0.2, -0.15) is 0 Å². The molecule has 1 aliphatic heterocycles. The van der Waals surface area contributed by atoms with Crippen molar-refractivity contribution in [2.75, 3.05) is 13.1 Å². The molecule has 0 bridgehead atoms. The first-order valence-corrected chi connectivity index (χ1v) is 10.3. The average Bonchev–Trinajstić information content (AvgIpc) is 3.17. The fourth-order valence-corrected chi connectivity index (χ4v) is 4.88. The second kappa shape index (κ2) is 7.41. The zero-order chi connectivity index (χ0) is 20.7. The van der Waals surface area contributed by atoms with Gasteiger partial charge in [-0.05, 0) is 36.8 Å². The summed E-state index contributed by atoms with van der Waals surface area (Å²) >= 11 is 0. The second-order valence-electron chi connectivity index (χ2n) is 7.88. The first kappa shape index (κ1) is 18.6. The van der Waals surface area contributed by atoms with Gasteiger partial charge < -0.3 is 0 Å². The van der Waals surface area contributed by atoms with Gasteiger partial charge in [-0.1, -0.05) is 48.5 Å². The molecule has 2 aromatic carbocycles. The summed E-state index contributed by atoms with van der Waals surface area (Å²) in [6, 6.07) is 15.8. The quantitative estimate of drug-likeness (QED) is 0.736. The third-order valence-corrected chi connectivity index (χ3v) is 6.31. The van der Waals surface area contributed by atoms with Crippen LogP contribution in [0.5, 0.6) is 0 Å². The number of carbonyl (C=O) groups excluding carboxylic acids is 3. The molecule has 0 saturated carbocycles. The largest absolute Gasteiger partial charge is 0.329 e. The summed E-state index contributed by atoms with van der Waals surface area (Å²) in [6.45, 7) is 0.968. The highest BCUT2D eigenvalue weighted by Crippen LogP contribution is 2.39. The monoisotopic (exact) mass is 398 g/mol. The number of amides is 2. The third kappa shape index (κ3) is 2.81. The Morgan fingerprint density at radius 1 is 0.633 bits per heavy atom. The van der Waals surface area contributed by atoms with E-state index in [1.54, 1.807) is 9.80 Å². The molecule has 5 heteroatoms. The maximum Gasteiger partial charge on any atom is 0.329 e. The average molecular weight is 398 g/mol. The molecule has 1 heterocycles. The van der Waals surface area contributed by atoms with Crippen molar-refractivity contribution in [1.29, 1.82) is 0 Å². The Morgan fingerprint density at radius 3 is 1.50 bits per heavy atom. The maximum absolute atomic E-state index is 13.6. The van der Waals surface area contributed by atoms with Crippen LogP contribution in [0.4, 0.5) is 4.79 Å². The molecular formula is C25H22N2O3. The predicted molar refractivity (Wildman–Crippen MR) is 114 cm³/mol. The fourth-order valence-electron chi connectivity index (χ4n) is 4.88. The highest BCUT2D eigenvalue weighted by molar-refractivity contribution is 6.02. The van der Waals surface area contributed by atoms with E-state index in [1.165, 1.54) is 0 Å². The van der Waals surface area contributed by atoms with Crippen LogP contribution < -0.4 is 0 Å². The highest BCUT2D eigenvalue weighted by Gasteiger charge is 2.38. The summed E-state index contributed by atoms with van der Waals surface area (Å²) < 4.78 is 0. The van der Waals surface area contributed by atoms with Crippen molar-refractivity contribution < 1.29 is 14.4 Å². The lowest BCUT2D eigenvalue weighted by Gasteiger charge is -2.30. The molecule has 3 aliphatic rings. The van der Waals surface area contributed by atoms with Gasteiger partial charge in [0.1, 0.15) is 12.6 Å². The number of fused-ring (bicyclic) bond motifs is 2. The van der Waals surface area contributed by atoms with Crippen molar-refractivity contribution in [3.63, 3.8) is 0 Å². The number of hydrogen-bond donors (Lipinski definition) is 0. The lowest BCUT2D eigenvalue weighted by molar-refractivity contribution is -0.105. The van der Waals surface area contributed by atoms with Crippen LogP contribution >= 0.6 is 0 Å². The zero-order valence-electron chi connectivity index (χ0n) is 16.6. The Balaban J connectivity index is 1.58. The number of rotatable bonds is 4. The third-order valence-electron chi connectivity index (χ3n) is 6.31. The van der Waals surface area contributed by atoms with Gasteiger partial charge in [0.25, 0.3) is 0 Å². The first-order chi connectivity index (χ1) is 14.7. The van der Waals surface area contributed by atoms with E-state index in [0.29, 0.717) is 37.1 Å². The Hall–Kier alpha value is -3.47.